The highest BCUT2D eigenvalue weighted by molar-refractivity contribution is 7.92. The first-order chi connectivity index (χ1) is 17.6. The first kappa shape index (κ1) is 24.9. The fourth-order valence-electron chi connectivity index (χ4n) is 3.78. The summed E-state index contributed by atoms with van der Waals surface area (Å²) in [4.78, 5) is 21.6. The van der Waals surface area contributed by atoms with Crippen LogP contribution in [0.4, 0.5) is 15.9 Å². The molecule has 4 heterocycles. The Kier molecular flexibility index (Phi) is 6.47. The van der Waals surface area contributed by atoms with E-state index in [-0.39, 0.29) is 35.1 Å². The lowest BCUT2D eigenvalue weighted by atomic mass is 10.1. The summed E-state index contributed by atoms with van der Waals surface area (Å²) in [6, 6.07) is 6.00. The monoisotopic (exact) mass is 560 g/mol. The van der Waals surface area contributed by atoms with Crippen LogP contribution >= 0.6 is 11.6 Å². The lowest BCUT2D eigenvalue weighted by molar-refractivity contribution is 0.0960. The van der Waals surface area contributed by atoms with Crippen molar-refractivity contribution in [2.24, 2.45) is 0 Å². The van der Waals surface area contributed by atoms with Crippen molar-refractivity contribution in [1.82, 2.24) is 24.9 Å². The molecule has 0 spiro atoms. The van der Waals surface area contributed by atoms with E-state index in [9.17, 15) is 17.6 Å². The number of nitrogens with one attached hydrogen (secondary N) is 3. The molecule has 0 atom stereocenters. The fourth-order valence-corrected chi connectivity index (χ4v) is 5.61. The topological polar surface area (TPSA) is 140 Å². The minimum atomic E-state index is -3.50. The van der Waals surface area contributed by atoms with Crippen LogP contribution in [0.1, 0.15) is 15.9 Å². The number of amides is 1. The highest BCUT2D eigenvalue weighted by Gasteiger charge is 2.22. The fraction of sp³-hybridized carbons (Fsp3) is 0.182. The molecule has 37 heavy (non-hydrogen) atoms. The van der Waals surface area contributed by atoms with Crippen LogP contribution in [-0.4, -0.2) is 55.4 Å². The Hall–Kier alpha value is -3.75. The molecule has 2 bridgehead atoms. The largest absolute Gasteiger partial charge is 0.527 e. The van der Waals surface area contributed by atoms with Crippen LogP contribution in [0.2, 0.25) is 11.6 Å². The van der Waals surface area contributed by atoms with Crippen molar-refractivity contribution in [2.45, 2.75) is 13.1 Å². The maximum Gasteiger partial charge on any atom is 0.299 e. The number of nitrogens with zero attached hydrogens (tertiary/aromatic N) is 4. The quantitative estimate of drug-likeness (QED) is 0.325. The van der Waals surface area contributed by atoms with Crippen LogP contribution in [0.3, 0.4) is 0 Å². The Morgan fingerprint density at radius 3 is 2.76 bits per heavy atom. The highest BCUT2D eigenvalue weighted by atomic mass is 35.5. The van der Waals surface area contributed by atoms with Gasteiger partial charge < -0.3 is 15.1 Å². The summed E-state index contributed by atoms with van der Waals surface area (Å²) in [5, 5.41) is 10.6. The molecule has 1 amide bonds. The third kappa shape index (κ3) is 5.35. The van der Waals surface area contributed by atoms with Crippen molar-refractivity contribution in [3.8, 4) is 17.0 Å². The number of pyridine rings is 1. The van der Waals surface area contributed by atoms with E-state index in [2.05, 4.69) is 30.4 Å². The predicted octanol–water partition coefficient (Wildman–Crippen LogP) is 2.85. The number of anilines is 2. The molecule has 1 radical (unpaired) electrons. The molecule has 1 aliphatic heterocycles. The van der Waals surface area contributed by atoms with Crippen molar-refractivity contribution >= 4 is 53.7 Å². The average molecular weight is 561 g/mol. The van der Waals surface area contributed by atoms with Crippen LogP contribution < -0.4 is 19.8 Å². The molecule has 5 rings (SSSR count). The number of rotatable bonds is 3. The second-order valence-corrected chi connectivity index (χ2v) is 12.5. The average Bonchev–Trinajstić information content (AvgIpc) is 3.23. The molecule has 3 aromatic heterocycles. The van der Waals surface area contributed by atoms with Crippen molar-refractivity contribution in [1.29, 1.82) is 0 Å². The van der Waals surface area contributed by atoms with Gasteiger partial charge in [0.1, 0.15) is 17.2 Å². The number of hydrogen-bond donors (Lipinski definition) is 3. The number of benzene rings is 1. The maximum atomic E-state index is 14.0. The SMILES string of the molecule is C[Si]1CNC(=O)c2cnn3cc(-c4ccc(NS(C)(=O)=O)cc4Cl)c(nc23)NCc2cc(F)cnc2O1. The normalized spacial score (nSPS) is 14.5. The number of aromatic nitrogens is 4. The molecule has 11 nitrogen and oxygen atoms in total. The van der Waals surface area contributed by atoms with Crippen LogP contribution in [0.15, 0.2) is 42.9 Å². The molecule has 0 saturated heterocycles. The maximum absolute atomic E-state index is 14.0. The van der Waals surface area contributed by atoms with Gasteiger partial charge in [-0.15, -0.1) is 0 Å². The van der Waals surface area contributed by atoms with E-state index >= 15 is 0 Å². The first-order valence-electron chi connectivity index (χ1n) is 10.9. The first-order valence-corrected chi connectivity index (χ1v) is 15.3. The van der Waals surface area contributed by atoms with Crippen molar-refractivity contribution in [3.63, 3.8) is 0 Å². The summed E-state index contributed by atoms with van der Waals surface area (Å²) >= 11 is 6.54. The summed E-state index contributed by atoms with van der Waals surface area (Å²) in [5.41, 5.74) is 2.37. The van der Waals surface area contributed by atoms with Gasteiger partial charge in [0, 0.05) is 41.3 Å². The van der Waals surface area contributed by atoms with Gasteiger partial charge >= 0.3 is 0 Å². The molecule has 1 aromatic carbocycles. The number of fused-ring (bicyclic) bond motifs is 2. The van der Waals surface area contributed by atoms with Gasteiger partial charge in [0.15, 0.2) is 5.65 Å². The molecule has 1 aliphatic rings. The lowest BCUT2D eigenvalue weighted by Crippen LogP contribution is -2.37. The van der Waals surface area contributed by atoms with Crippen molar-refractivity contribution in [3.05, 3.63) is 64.8 Å². The standard InChI is InChI=1S/C22H20ClFN7O4SSi/c1-36(33,34)30-14-3-4-15(18(23)6-14)17-10-31-20-16(9-28-31)21(32)27-11-37(2)35-22-12(5-13(24)8-26-22)7-25-19(17)29-20/h3-6,8-10,30H,7,11H2,1-2H3,(H,25,29)(H,27,32). The number of sulfonamides is 1. The number of halogens is 2. The number of hydrogen-bond acceptors (Lipinski definition) is 8. The second kappa shape index (κ2) is 9.61. The van der Waals surface area contributed by atoms with E-state index < -0.39 is 24.9 Å². The van der Waals surface area contributed by atoms with E-state index in [4.69, 9.17) is 16.0 Å². The van der Waals surface area contributed by atoms with Crippen LogP contribution in [0.25, 0.3) is 16.8 Å². The molecular weight excluding hydrogens is 541 g/mol. The van der Waals surface area contributed by atoms with Crippen LogP contribution in [0.5, 0.6) is 5.88 Å². The summed E-state index contributed by atoms with van der Waals surface area (Å²) in [5.74, 6) is -0.289. The van der Waals surface area contributed by atoms with E-state index in [1.807, 2.05) is 6.55 Å². The van der Waals surface area contributed by atoms with Gasteiger partial charge in [0.05, 0.1) is 23.7 Å². The predicted molar refractivity (Wildman–Crippen MR) is 138 cm³/mol. The smallest absolute Gasteiger partial charge is 0.299 e. The number of carbonyl (C=O) groups excluding carboxylic acids is 1. The molecule has 0 saturated carbocycles. The van der Waals surface area contributed by atoms with Gasteiger partial charge in [0.2, 0.25) is 15.9 Å². The third-order valence-electron chi connectivity index (χ3n) is 5.41. The Bertz CT molecular complexity index is 1650. The minimum Gasteiger partial charge on any atom is -0.527 e. The molecule has 0 fully saturated rings. The number of carbonyl (C=O) groups is 1. The molecule has 0 aliphatic carbocycles. The van der Waals surface area contributed by atoms with Gasteiger partial charge in [-0.2, -0.15) is 5.10 Å². The molecular formula is C22H20ClFN7O4SSi. The van der Waals surface area contributed by atoms with Gasteiger partial charge in [-0.3, -0.25) is 9.52 Å². The van der Waals surface area contributed by atoms with Crippen molar-refractivity contribution in [2.75, 3.05) is 22.5 Å². The zero-order valence-electron chi connectivity index (χ0n) is 19.5. The van der Waals surface area contributed by atoms with E-state index in [1.54, 1.807) is 18.3 Å². The van der Waals surface area contributed by atoms with Gasteiger partial charge in [0.25, 0.3) is 14.9 Å². The van der Waals surface area contributed by atoms with E-state index in [1.165, 1.54) is 22.8 Å². The second-order valence-electron chi connectivity index (χ2n) is 8.36. The summed E-state index contributed by atoms with van der Waals surface area (Å²) < 4.78 is 47.1. The zero-order chi connectivity index (χ0) is 26.3. The highest BCUT2D eigenvalue weighted by Crippen LogP contribution is 2.35. The molecule has 0 unspecified atom stereocenters. The van der Waals surface area contributed by atoms with Gasteiger partial charge in [-0.05, 0) is 24.7 Å². The summed E-state index contributed by atoms with van der Waals surface area (Å²) in [6.45, 7) is 1.97. The minimum absolute atomic E-state index is 0.113. The van der Waals surface area contributed by atoms with Crippen LogP contribution in [-0.2, 0) is 16.6 Å². The molecule has 4 aromatic rings. The summed E-state index contributed by atoms with van der Waals surface area (Å²) in [6.07, 6.45) is 5.47. The van der Waals surface area contributed by atoms with Crippen molar-refractivity contribution < 1.29 is 22.0 Å². The molecule has 191 valence electrons. The Balaban J connectivity index is 1.64. The molecule has 3 N–H and O–H groups in total. The Labute approximate surface area is 217 Å². The lowest BCUT2D eigenvalue weighted by Gasteiger charge is -2.17. The molecule has 15 heteroatoms. The van der Waals surface area contributed by atoms with E-state index in [0.29, 0.717) is 33.8 Å². The van der Waals surface area contributed by atoms with E-state index in [0.717, 1.165) is 12.5 Å². The van der Waals surface area contributed by atoms with Gasteiger partial charge in [-0.25, -0.2) is 27.3 Å². The Morgan fingerprint density at radius 1 is 1.19 bits per heavy atom. The summed E-state index contributed by atoms with van der Waals surface area (Å²) in [7, 11) is -5.04. The zero-order valence-corrected chi connectivity index (χ0v) is 22.1. The van der Waals surface area contributed by atoms with Crippen LogP contribution in [0, 0.1) is 5.82 Å². The Morgan fingerprint density at radius 2 is 2.00 bits per heavy atom. The third-order valence-corrected chi connectivity index (χ3v) is 7.54. The van der Waals surface area contributed by atoms with Gasteiger partial charge in [-0.1, -0.05) is 17.7 Å².